The molecule has 2 heterocycles. The Labute approximate surface area is 144 Å². The molecule has 0 aliphatic carbocycles. The molecule has 2 aliphatic heterocycles. The molecule has 126 valence electrons. The van der Waals surface area contributed by atoms with E-state index in [1.165, 1.54) is 16.7 Å². The topological polar surface area (TPSA) is 68.2 Å². The summed E-state index contributed by atoms with van der Waals surface area (Å²) in [5, 5.41) is 0.549. The number of fused-ring (bicyclic) bond motifs is 1. The van der Waals surface area contributed by atoms with Crippen LogP contribution in [0.25, 0.3) is 0 Å². The number of rotatable bonds is 6. The number of likely N-dealkylation sites (tertiary alicyclic amines) is 1. The zero-order valence-corrected chi connectivity index (χ0v) is 14.3. The average Bonchev–Trinajstić information content (AvgIpc) is 2.85. The summed E-state index contributed by atoms with van der Waals surface area (Å²) in [5.41, 5.74) is -0.816. The van der Waals surface area contributed by atoms with Gasteiger partial charge >= 0.3 is 5.97 Å². The first kappa shape index (κ1) is 16.6. The van der Waals surface area contributed by atoms with Crippen LogP contribution in [0.15, 0.2) is 47.7 Å². The molecule has 2 atom stereocenters. The smallest absolute Gasteiger partial charge is 0.330 e. The van der Waals surface area contributed by atoms with Crippen molar-refractivity contribution in [3.63, 3.8) is 0 Å². The van der Waals surface area contributed by atoms with E-state index >= 15 is 0 Å². The van der Waals surface area contributed by atoms with E-state index in [9.17, 15) is 9.59 Å². The summed E-state index contributed by atoms with van der Waals surface area (Å²) in [5.74, 6) is 0.391. The lowest BCUT2D eigenvalue weighted by Gasteiger charge is -2.47. The first-order chi connectivity index (χ1) is 11.4. The van der Waals surface area contributed by atoms with Gasteiger partial charge in [0.05, 0.1) is 5.76 Å². The van der Waals surface area contributed by atoms with Crippen molar-refractivity contribution in [1.82, 2.24) is 4.90 Å². The van der Waals surface area contributed by atoms with Gasteiger partial charge in [-0.05, 0) is 26.0 Å². The van der Waals surface area contributed by atoms with E-state index in [-0.39, 0.29) is 17.8 Å². The number of esters is 1. The Bertz CT molecular complexity index is 719. The van der Waals surface area contributed by atoms with Gasteiger partial charge in [0.15, 0.2) is 5.54 Å². The second kappa shape index (κ2) is 6.32. The number of carbonyl (C=O) groups is 2. The van der Waals surface area contributed by atoms with Crippen LogP contribution in [0.4, 0.5) is 0 Å². The number of aliphatic imine (C=N–C) groups is 1. The number of hydrogen-bond acceptors (Lipinski definition) is 6. The van der Waals surface area contributed by atoms with Gasteiger partial charge in [-0.15, -0.1) is 0 Å². The maximum atomic E-state index is 12.3. The molecule has 1 amide bonds. The van der Waals surface area contributed by atoms with Gasteiger partial charge in [-0.25, -0.2) is 4.79 Å². The number of nitrogens with zero attached hydrogens (tertiary/aromatic N) is 2. The molecule has 0 N–H and O–H groups in total. The SMILES string of the molecule is C=C(C)OC(=O)CN1C(=O)C2(C)N=C(COc3ccccc3)SC12. The third kappa shape index (κ3) is 3.03. The van der Waals surface area contributed by atoms with Crippen molar-refractivity contribution in [2.45, 2.75) is 24.8 Å². The molecule has 0 saturated carbocycles. The van der Waals surface area contributed by atoms with E-state index in [0.29, 0.717) is 12.4 Å². The maximum absolute atomic E-state index is 12.3. The molecule has 3 rings (SSSR count). The third-order valence-corrected chi connectivity index (χ3v) is 5.17. The molecule has 7 heteroatoms. The van der Waals surface area contributed by atoms with Gasteiger partial charge in [0.1, 0.15) is 29.3 Å². The molecule has 0 bridgehead atoms. The zero-order valence-electron chi connectivity index (χ0n) is 13.5. The average molecular weight is 346 g/mol. The Hall–Kier alpha value is -2.28. The molecule has 6 nitrogen and oxygen atoms in total. The van der Waals surface area contributed by atoms with Crippen molar-refractivity contribution < 1.29 is 19.1 Å². The van der Waals surface area contributed by atoms with Crippen molar-refractivity contribution in [3.05, 3.63) is 42.7 Å². The molecule has 2 aliphatic rings. The van der Waals surface area contributed by atoms with E-state index in [2.05, 4.69) is 11.6 Å². The summed E-state index contributed by atoms with van der Waals surface area (Å²) in [6.07, 6.45) is 0. The fraction of sp³-hybridized carbons (Fsp3) is 0.353. The van der Waals surface area contributed by atoms with Gasteiger partial charge < -0.3 is 14.4 Å². The lowest BCUT2D eigenvalue weighted by Crippen LogP contribution is -2.69. The van der Waals surface area contributed by atoms with Crippen LogP contribution in [0.5, 0.6) is 5.75 Å². The highest BCUT2D eigenvalue weighted by atomic mass is 32.2. The van der Waals surface area contributed by atoms with Gasteiger partial charge in [-0.2, -0.15) is 0 Å². The van der Waals surface area contributed by atoms with Crippen LogP contribution in [0, 0.1) is 0 Å². The molecule has 1 aromatic rings. The predicted octanol–water partition coefficient (Wildman–Crippen LogP) is 2.21. The minimum Gasteiger partial charge on any atom is -0.487 e. The van der Waals surface area contributed by atoms with Crippen LogP contribution in [-0.2, 0) is 14.3 Å². The van der Waals surface area contributed by atoms with Crippen molar-refractivity contribution in [3.8, 4) is 5.75 Å². The highest BCUT2D eigenvalue weighted by Crippen LogP contribution is 2.47. The number of allylic oxidation sites excluding steroid dienone is 1. The van der Waals surface area contributed by atoms with Crippen molar-refractivity contribution in [2.75, 3.05) is 13.2 Å². The summed E-state index contributed by atoms with van der Waals surface area (Å²) < 4.78 is 10.6. The summed E-state index contributed by atoms with van der Waals surface area (Å²) in [4.78, 5) is 30.1. The second-order valence-electron chi connectivity index (χ2n) is 5.83. The Balaban J connectivity index is 1.59. The summed E-state index contributed by atoms with van der Waals surface area (Å²) in [6, 6.07) is 9.42. The normalized spacial score (nSPS) is 24.8. The van der Waals surface area contributed by atoms with Crippen LogP contribution in [0.3, 0.4) is 0 Å². The fourth-order valence-electron chi connectivity index (χ4n) is 2.68. The van der Waals surface area contributed by atoms with E-state index < -0.39 is 11.5 Å². The van der Waals surface area contributed by atoms with Crippen molar-refractivity contribution in [1.29, 1.82) is 0 Å². The van der Waals surface area contributed by atoms with Crippen molar-refractivity contribution >= 4 is 28.7 Å². The van der Waals surface area contributed by atoms with Gasteiger partial charge in [0.25, 0.3) is 5.91 Å². The Morgan fingerprint density at radius 2 is 2.12 bits per heavy atom. The summed E-state index contributed by atoms with van der Waals surface area (Å²) >= 11 is 1.45. The molecule has 24 heavy (non-hydrogen) atoms. The standard InChI is InChI=1S/C17H18N2O4S/c1-11(2)23-14(20)9-19-15(21)17(3)16(19)24-13(18-17)10-22-12-7-5-4-6-8-12/h4-8,16H,1,9-10H2,2-3H3. The maximum Gasteiger partial charge on any atom is 0.330 e. The van der Waals surface area contributed by atoms with Gasteiger partial charge in [-0.3, -0.25) is 9.79 Å². The number of para-hydroxylation sites is 1. The number of ether oxygens (including phenoxy) is 2. The van der Waals surface area contributed by atoms with Gasteiger partial charge in [-0.1, -0.05) is 36.5 Å². The van der Waals surface area contributed by atoms with Crippen LogP contribution in [0.1, 0.15) is 13.8 Å². The number of carbonyl (C=O) groups excluding carboxylic acids is 2. The van der Waals surface area contributed by atoms with Crippen LogP contribution < -0.4 is 4.74 Å². The summed E-state index contributed by atoms with van der Waals surface area (Å²) in [7, 11) is 0. The molecule has 1 fully saturated rings. The van der Waals surface area contributed by atoms with Crippen LogP contribution in [-0.4, -0.2) is 45.9 Å². The van der Waals surface area contributed by atoms with E-state index in [1.807, 2.05) is 30.3 Å². The number of amides is 1. The van der Waals surface area contributed by atoms with E-state index in [4.69, 9.17) is 9.47 Å². The monoisotopic (exact) mass is 346 g/mol. The molecule has 0 spiro atoms. The van der Waals surface area contributed by atoms with Gasteiger partial charge in [0, 0.05) is 0 Å². The van der Waals surface area contributed by atoms with Crippen LogP contribution in [0.2, 0.25) is 0 Å². The zero-order chi connectivity index (χ0) is 17.3. The molecule has 2 unspecified atom stereocenters. The minimum absolute atomic E-state index is 0.0959. The van der Waals surface area contributed by atoms with Gasteiger partial charge in [0.2, 0.25) is 0 Å². The highest BCUT2D eigenvalue weighted by Gasteiger charge is 2.62. The molecule has 0 aromatic heterocycles. The number of thioether (sulfide) groups is 1. The Morgan fingerprint density at radius 1 is 1.42 bits per heavy atom. The molecule has 1 saturated heterocycles. The lowest BCUT2D eigenvalue weighted by molar-refractivity contribution is -0.158. The lowest BCUT2D eigenvalue weighted by atomic mass is 9.91. The number of hydrogen-bond donors (Lipinski definition) is 0. The first-order valence-electron chi connectivity index (χ1n) is 7.50. The van der Waals surface area contributed by atoms with Crippen molar-refractivity contribution in [2.24, 2.45) is 4.99 Å². The Kier molecular flexibility index (Phi) is 4.36. The third-order valence-electron chi connectivity index (χ3n) is 3.76. The molecule has 1 aromatic carbocycles. The fourth-order valence-corrected chi connectivity index (χ4v) is 3.99. The number of β-lactam (4-membered cyclic amide) rings is 1. The quantitative estimate of drug-likeness (QED) is 0.449. The minimum atomic E-state index is -0.816. The largest absolute Gasteiger partial charge is 0.487 e. The van der Waals surface area contributed by atoms with E-state index in [1.54, 1.807) is 13.8 Å². The highest BCUT2D eigenvalue weighted by molar-refractivity contribution is 8.15. The molecule has 0 radical (unpaired) electrons. The Morgan fingerprint density at radius 3 is 2.79 bits per heavy atom. The number of benzene rings is 1. The second-order valence-corrected chi connectivity index (χ2v) is 6.99. The molecular weight excluding hydrogens is 328 g/mol. The molecular formula is C17H18N2O4S. The first-order valence-corrected chi connectivity index (χ1v) is 8.38. The summed E-state index contributed by atoms with van der Waals surface area (Å²) in [6.45, 7) is 7.10. The van der Waals surface area contributed by atoms with Crippen LogP contribution >= 0.6 is 11.8 Å². The van der Waals surface area contributed by atoms with E-state index in [0.717, 1.165) is 10.8 Å². The predicted molar refractivity (Wildman–Crippen MR) is 91.8 cm³/mol.